The van der Waals surface area contributed by atoms with Crippen LogP contribution in [0.2, 0.25) is 0 Å². The van der Waals surface area contributed by atoms with E-state index in [0.29, 0.717) is 0 Å². The second-order valence-electron chi connectivity index (χ2n) is 5.53. The second kappa shape index (κ2) is 3.75. The minimum atomic E-state index is -0.918. The maximum atomic E-state index is 11.9. The highest BCUT2D eigenvalue weighted by Gasteiger charge is 2.48. The minimum absolute atomic E-state index is 0.00241. The van der Waals surface area contributed by atoms with Crippen LogP contribution < -0.4 is 5.32 Å². The highest BCUT2D eigenvalue weighted by Crippen LogP contribution is 2.54. The van der Waals surface area contributed by atoms with Crippen LogP contribution in [-0.2, 0) is 14.3 Å². The van der Waals surface area contributed by atoms with E-state index in [2.05, 4.69) is 10.1 Å². The molecule has 0 spiro atoms. The van der Waals surface area contributed by atoms with Crippen molar-refractivity contribution in [3.05, 3.63) is 0 Å². The number of carbonyl (C=O) groups is 2. The lowest BCUT2D eigenvalue weighted by Gasteiger charge is -2.25. The molecule has 90 valence electrons. The van der Waals surface area contributed by atoms with Gasteiger partial charge in [-0.2, -0.15) is 0 Å². The van der Waals surface area contributed by atoms with E-state index in [-0.39, 0.29) is 11.8 Å². The number of esters is 1. The van der Waals surface area contributed by atoms with Crippen LogP contribution in [0.4, 0.5) is 0 Å². The smallest absolute Gasteiger partial charge is 0.330 e. The Kier molecular flexibility index (Phi) is 2.68. The number of hydrogen-bond acceptors (Lipinski definition) is 3. The van der Waals surface area contributed by atoms with Crippen LogP contribution in [0.25, 0.3) is 0 Å². The maximum Gasteiger partial charge on any atom is 0.330 e. The van der Waals surface area contributed by atoms with Gasteiger partial charge >= 0.3 is 5.97 Å². The Bertz CT molecular complexity index is 314. The number of fused-ring (bicyclic) bond motifs is 1. The molecule has 0 aromatic heterocycles. The van der Waals surface area contributed by atoms with Crippen LogP contribution in [0.15, 0.2) is 0 Å². The van der Waals surface area contributed by atoms with Crippen molar-refractivity contribution in [3.8, 4) is 0 Å². The molecule has 2 aliphatic carbocycles. The predicted octanol–water partition coefficient (Wildman–Crippen LogP) is 1.10. The maximum absolute atomic E-state index is 11.9. The number of nitrogens with one attached hydrogen (secondary N) is 1. The zero-order chi connectivity index (χ0) is 11.9. The number of amides is 1. The first-order valence-electron chi connectivity index (χ1n) is 5.84. The molecule has 0 aliphatic heterocycles. The minimum Gasteiger partial charge on any atom is -0.467 e. The van der Waals surface area contributed by atoms with Crippen molar-refractivity contribution in [1.82, 2.24) is 5.32 Å². The van der Waals surface area contributed by atoms with Gasteiger partial charge in [0.2, 0.25) is 5.91 Å². The number of ether oxygens (including phenoxy) is 1. The average molecular weight is 225 g/mol. The molecule has 2 aliphatic rings. The quantitative estimate of drug-likeness (QED) is 0.732. The molecule has 2 rings (SSSR count). The zero-order valence-electron chi connectivity index (χ0n) is 10.1. The molecule has 4 nitrogen and oxygen atoms in total. The van der Waals surface area contributed by atoms with Gasteiger partial charge in [0, 0.05) is 5.92 Å². The lowest BCUT2D eigenvalue weighted by Crippen LogP contribution is -2.52. The Morgan fingerprint density at radius 3 is 2.25 bits per heavy atom. The van der Waals surface area contributed by atoms with Gasteiger partial charge in [-0.15, -0.1) is 0 Å². The monoisotopic (exact) mass is 225 g/mol. The van der Waals surface area contributed by atoms with Gasteiger partial charge in [0.1, 0.15) is 5.54 Å². The fraction of sp³-hybridized carbons (Fsp3) is 0.833. The third kappa shape index (κ3) is 2.06. The Balaban J connectivity index is 1.88. The van der Waals surface area contributed by atoms with E-state index in [1.807, 2.05) is 0 Å². The lowest BCUT2D eigenvalue weighted by molar-refractivity contribution is -0.149. The van der Waals surface area contributed by atoms with Crippen molar-refractivity contribution in [3.63, 3.8) is 0 Å². The zero-order valence-corrected chi connectivity index (χ0v) is 10.1. The molecule has 0 bridgehead atoms. The van der Waals surface area contributed by atoms with Crippen molar-refractivity contribution in [1.29, 1.82) is 0 Å². The number of carbonyl (C=O) groups excluding carboxylic acids is 2. The summed E-state index contributed by atoms with van der Waals surface area (Å²) in [5.74, 6) is 1.26. The normalized spacial score (nSPS) is 31.8. The highest BCUT2D eigenvalue weighted by molar-refractivity contribution is 5.88. The van der Waals surface area contributed by atoms with E-state index in [1.54, 1.807) is 13.8 Å². The number of methoxy groups -OCH3 is 1. The lowest BCUT2D eigenvalue weighted by atomic mass is 9.99. The molecule has 1 N–H and O–H groups in total. The van der Waals surface area contributed by atoms with Gasteiger partial charge in [-0.25, -0.2) is 4.79 Å². The summed E-state index contributed by atoms with van der Waals surface area (Å²) >= 11 is 0. The fourth-order valence-corrected chi connectivity index (χ4v) is 2.65. The third-order valence-corrected chi connectivity index (χ3v) is 3.75. The first-order chi connectivity index (χ1) is 7.44. The van der Waals surface area contributed by atoms with Gasteiger partial charge in [-0.05, 0) is 44.9 Å². The molecule has 0 heterocycles. The Morgan fingerprint density at radius 1 is 1.19 bits per heavy atom. The van der Waals surface area contributed by atoms with Crippen LogP contribution in [-0.4, -0.2) is 24.5 Å². The van der Waals surface area contributed by atoms with Crippen molar-refractivity contribution >= 4 is 11.9 Å². The van der Waals surface area contributed by atoms with E-state index in [1.165, 1.54) is 13.5 Å². The number of rotatable bonds is 3. The van der Waals surface area contributed by atoms with Crippen molar-refractivity contribution in [2.75, 3.05) is 7.11 Å². The van der Waals surface area contributed by atoms with E-state index >= 15 is 0 Å². The van der Waals surface area contributed by atoms with Crippen LogP contribution in [0.3, 0.4) is 0 Å². The van der Waals surface area contributed by atoms with Crippen LogP contribution >= 0.6 is 0 Å². The average Bonchev–Trinajstić information content (AvgIpc) is 2.83. The summed E-state index contributed by atoms with van der Waals surface area (Å²) in [5, 5.41) is 2.78. The molecule has 2 saturated carbocycles. The molecule has 16 heavy (non-hydrogen) atoms. The van der Waals surface area contributed by atoms with Gasteiger partial charge in [0.05, 0.1) is 7.11 Å². The standard InChI is InChI=1S/C12H19NO3/c1-12(2,11(15)16-3)13-10(14)9-5-7-4-8(7)6-9/h7-9H,4-6H2,1-3H3,(H,13,14). The highest BCUT2D eigenvalue weighted by atomic mass is 16.5. The molecule has 1 amide bonds. The summed E-state index contributed by atoms with van der Waals surface area (Å²) in [6.45, 7) is 3.35. The summed E-state index contributed by atoms with van der Waals surface area (Å²) in [6.07, 6.45) is 3.28. The van der Waals surface area contributed by atoms with Gasteiger partial charge < -0.3 is 10.1 Å². The summed E-state index contributed by atoms with van der Waals surface area (Å²) in [4.78, 5) is 23.3. The first-order valence-corrected chi connectivity index (χ1v) is 5.84. The summed E-state index contributed by atoms with van der Waals surface area (Å²) in [6, 6.07) is 0. The SMILES string of the molecule is COC(=O)C(C)(C)NC(=O)C1CC2CC2C1. The van der Waals surface area contributed by atoms with Gasteiger partial charge in [-0.1, -0.05) is 0 Å². The molecule has 0 aromatic rings. The van der Waals surface area contributed by atoms with Crippen molar-refractivity contribution < 1.29 is 14.3 Å². The van der Waals surface area contributed by atoms with Crippen LogP contribution in [0.5, 0.6) is 0 Å². The summed E-state index contributed by atoms with van der Waals surface area (Å²) in [7, 11) is 1.33. The van der Waals surface area contributed by atoms with Crippen LogP contribution in [0, 0.1) is 17.8 Å². The van der Waals surface area contributed by atoms with E-state index in [9.17, 15) is 9.59 Å². The molecule has 2 unspecified atom stereocenters. The van der Waals surface area contributed by atoms with E-state index in [0.717, 1.165) is 24.7 Å². The molecular weight excluding hydrogens is 206 g/mol. The van der Waals surface area contributed by atoms with E-state index in [4.69, 9.17) is 0 Å². The first kappa shape index (κ1) is 11.4. The largest absolute Gasteiger partial charge is 0.467 e. The Hall–Kier alpha value is -1.06. The molecule has 0 aromatic carbocycles. The molecule has 4 heteroatoms. The van der Waals surface area contributed by atoms with Crippen molar-refractivity contribution in [2.45, 2.75) is 38.6 Å². The van der Waals surface area contributed by atoms with Gasteiger partial charge in [0.15, 0.2) is 0 Å². The fourth-order valence-electron chi connectivity index (χ4n) is 2.65. The Labute approximate surface area is 95.7 Å². The molecule has 0 saturated heterocycles. The number of hydrogen-bond donors (Lipinski definition) is 1. The Morgan fingerprint density at radius 2 is 1.75 bits per heavy atom. The predicted molar refractivity (Wildman–Crippen MR) is 58.6 cm³/mol. The molecule has 2 fully saturated rings. The topological polar surface area (TPSA) is 55.4 Å². The summed E-state index contributed by atoms with van der Waals surface area (Å²) in [5.41, 5.74) is -0.918. The molecular formula is C12H19NO3. The van der Waals surface area contributed by atoms with Crippen LogP contribution in [0.1, 0.15) is 33.1 Å². The van der Waals surface area contributed by atoms with E-state index < -0.39 is 11.5 Å². The van der Waals surface area contributed by atoms with Gasteiger partial charge in [-0.3, -0.25) is 4.79 Å². The molecule has 0 radical (unpaired) electrons. The summed E-state index contributed by atoms with van der Waals surface area (Å²) < 4.78 is 4.65. The molecule has 2 atom stereocenters. The third-order valence-electron chi connectivity index (χ3n) is 3.75. The second-order valence-corrected chi connectivity index (χ2v) is 5.53. The van der Waals surface area contributed by atoms with Crippen molar-refractivity contribution in [2.24, 2.45) is 17.8 Å². The van der Waals surface area contributed by atoms with Gasteiger partial charge in [0.25, 0.3) is 0 Å².